The molecule has 21 heavy (non-hydrogen) atoms. The lowest BCUT2D eigenvalue weighted by Gasteiger charge is -2.29. The molecule has 4 nitrogen and oxygen atoms in total. The maximum Gasteiger partial charge on any atom is 0.244 e. The van der Waals surface area contributed by atoms with Crippen LogP contribution in [0.5, 0.6) is 0 Å². The van der Waals surface area contributed by atoms with Crippen molar-refractivity contribution in [1.29, 1.82) is 0 Å². The van der Waals surface area contributed by atoms with Gasteiger partial charge in [-0.15, -0.1) is 0 Å². The van der Waals surface area contributed by atoms with Crippen molar-refractivity contribution in [3.05, 3.63) is 35.9 Å². The van der Waals surface area contributed by atoms with Crippen LogP contribution >= 0.6 is 0 Å². The number of likely N-dealkylation sites (tertiary alicyclic amines) is 1. The summed E-state index contributed by atoms with van der Waals surface area (Å²) in [5.41, 5.74) is 1.14. The molecule has 1 aliphatic rings. The van der Waals surface area contributed by atoms with Crippen molar-refractivity contribution in [3.63, 3.8) is 0 Å². The molecule has 1 heterocycles. The third-order valence-electron chi connectivity index (χ3n) is 3.90. The Bertz CT molecular complexity index is 467. The molecule has 1 aromatic carbocycles. The largest absolute Gasteiger partial charge is 0.345 e. The number of carbonyl (C=O) groups excluding carboxylic acids is 2. The SMILES string of the molecule is CC(NC(=O)CCc1ccccc1)C(=O)N1CCCCC1. The van der Waals surface area contributed by atoms with Crippen molar-refractivity contribution < 1.29 is 9.59 Å². The van der Waals surface area contributed by atoms with Crippen LogP contribution in [0.4, 0.5) is 0 Å². The fourth-order valence-corrected chi connectivity index (χ4v) is 2.67. The summed E-state index contributed by atoms with van der Waals surface area (Å²) in [5.74, 6) is -0.0144. The van der Waals surface area contributed by atoms with Gasteiger partial charge in [0.1, 0.15) is 6.04 Å². The molecule has 0 radical (unpaired) electrons. The number of amides is 2. The molecule has 0 aromatic heterocycles. The average Bonchev–Trinajstić information content (AvgIpc) is 2.54. The minimum atomic E-state index is -0.425. The highest BCUT2D eigenvalue weighted by molar-refractivity contribution is 5.87. The van der Waals surface area contributed by atoms with Crippen molar-refractivity contribution >= 4 is 11.8 Å². The van der Waals surface area contributed by atoms with Gasteiger partial charge in [0.05, 0.1) is 0 Å². The predicted molar refractivity (Wildman–Crippen MR) is 82.8 cm³/mol. The lowest BCUT2D eigenvalue weighted by molar-refractivity contribution is -0.136. The van der Waals surface area contributed by atoms with Crippen LogP contribution in [0.25, 0.3) is 0 Å². The molecule has 2 amide bonds. The Morgan fingerprint density at radius 2 is 1.81 bits per heavy atom. The Balaban J connectivity index is 1.74. The van der Waals surface area contributed by atoms with E-state index in [9.17, 15) is 9.59 Å². The van der Waals surface area contributed by atoms with Gasteiger partial charge < -0.3 is 10.2 Å². The molecular formula is C17H24N2O2. The van der Waals surface area contributed by atoms with Gasteiger partial charge in [0.25, 0.3) is 0 Å². The molecule has 0 saturated carbocycles. The van der Waals surface area contributed by atoms with E-state index in [0.717, 1.165) is 31.5 Å². The van der Waals surface area contributed by atoms with E-state index in [-0.39, 0.29) is 11.8 Å². The molecule has 1 aromatic rings. The molecule has 1 unspecified atom stereocenters. The highest BCUT2D eigenvalue weighted by Gasteiger charge is 2.23. The fourth-order valence-electron chi connectivity index (χ4n) is 2.67. The minimum Gasteiger partial charge on any atom is -0.345 e. The van der Waals surface area contributed by atoms with Gasteiger partial charge in [0.15, 0.2) is 0 Å². The van der Waals surface area contributed by atoms with Gasteiger partial charge in [-0.05, 0) is 38.2 Å². The van der Waals surface area contributed by atoms with E-state index in [1.54, 1.807) is 6.92 Å². The predicted octanol–water partition coefficient (Wildman–Crippen LogP) is 2.14. The summed E-state index contributed by atoms with van der Waals surface area (Å²) in [7, 11) is 0. The number of nitrogens with zero attached hydrogens (tertiary/aromatic N) is 1. The van der Waals surface area contributed by atoms with E-state index in [0.29, 0.717) is 12.8 Å². The Morgan fingerprint density at radius 3 is 2.48 bits per heavy atom. The van der Waals surface area contributed by atoms with E-state index in [1.807, 2.05) is 35.2 Å². The van der Waals surface area contributed by atoms with Crippen molar-refractivity contribution in [1.82, 2.24) is 10.2 Å². The number of hydrogen-bond acceptors (Lipinski definition) is 2. The average molecular weight is 288 g/mol. The summed E-state index contributed by atoms with van der Waals surface area (Å²) in [5, 5.41) is 2.82. The first-order chi connectivity index (χ1) is 10.2. The topological polar surface area (TPSA) is 49.4 Å². The molecule has 1 saturated heterocycles. The number of rotatable bonds is 5. The number of benzene rings is 1. The van der Waals surface area contributed by atoms with E-state index >= 15 is 0 Å². The summed E-state index contributed by atoms with van der Waals surface area (Å²) in [4.78, 5) is 26.0. The van der Waals surface area contributed by atoms with Crippen LogP contribution in [-0.2, 0) is 16.0 Å². The van der Waals surface area contributed by atoms with Crippen LogP contribution in [0, 0.1) is 0 Å². The molecule has 0 aliphatic carbocycles. The van der Waals surface area contributed by atoms with Gasteiger partial charge in [-0.25, -0.2) is 0 Å². The number of aryl methyl sites for hydroxylation is 1. The van der Waals surface area contributed by atoms with Crippen LogP contribution in [0.1, 0.15) is 38.2 Å². The lowest BCUT2D eigenvalue weighted by Crippen LogP contribution is -2.48. The standard InChI is InChI=1S/C17H24N2O2/c1-14(17(21)19-12-6-3-7-13-19)18-16(20)11-10-15-8-4-2-5-9-15/h2,4-5,8-9,14H,3,6-7,10-13H2,1H3,(H,18,20). The number of nitrogens with one attached hydrogen (secondary N) is 1. The highest BCUT2D eigenvalue weighted by atomic mass is 16.2. The second-order valence-electron chi connectivity index (χ2n) is 5.66. The molecule has 1 N–H and O–H groups in total. The number of hydrogen-bond donors (Lipinski definition) is 1. The monoisotopic (exact) mass is 288 g/mol. The normalized spacial score (nSPS) is 16.3. The quantitative estimate of drug-likeness (QED) is 0.902. The van der Waals surface area contributed by atoms with E-state index in [4.69, 9.17) is 0 Å². The van der Waals surface area contributed by atoms with Gasteiger partial charge in [0.2, 0.25) is 11.8 Å². The minimum absolute atomic E-state index is 0.0442. The summed E-state index contributed by atoms with van der Waals surface area (Å²) in [6.45, 7) is 3.42. The summed E-state index contributed by atoms with van der Waals surface area (Å²) >= 11 is 0. The third-order valence-corrected chi connectivity index (χ3v) is 3.90. The second-order valence-corrected chi connectivity index (χ2v) is 5.66. The Labute approximate surface area is 126 Å². The number of carbonyl (C=O) groups is 2. The van der Waals surface area contributed by atoms with Gasteiger partial charge in [0, 0.05) is 19.5 Å². The molecule has 0 spiro atoms. The molecular weight excluding hydrogens is 264 g/mol. The molecule has 2 rings (SSSR count). The van der Waals surface area contributed by atoms with Crippen LogP contribution in [0.2, 0.25) is 0 Å². The maximum absolute atomic E-state index is 12.2. The van der Waals surface area contributed by atoms with Crippen LogP contribution in [-0.4, -0.2) is 35.8 Å². The van der Waals surface area contributed by atoms with E-state index in [2.05, 4.69) is 5.32 Å². The molecule has 1 fully saturated rings. The van der Waals surface area contributed by atoms with Crippen molar-refractivity contribution in [2.24, 2.45) is 0 Å². The van der Waals surface area contributed by atoms with Crippen molar-refractivity contribution in [2.75, 3.05) is 13.1 Å². The number of piperidine rings is 1. The van der Waals surface area contributed by atoms with E-state index in [1.165, 1.54) is 6.42 Å². The van der Waals surface area contributed by atoms with Gasteiger partial charge >= 0.3 is 0 Å². The van der Waals surface area contributed by atoms with Gasteiger partial charge in [-0.3, -0.25) is 9.59 Å². The Morgan fingerprint density at radius 1 is 1.14 bits per heavy atom. The van der Waals surface area contributed by atoms with Gasteiger partial charge in [-0.2, -0.15) is 0 Å². The molecule has 114 valence electrons. The fraction of sp³-hybridized carbons (Fsp3) is 0.529. The lowest BCUT2D eigenvalue weighted by atomic mass is 10.1. The Kier molecular flexibility index (Phi) is 5.78. The molecule has 1 atom stereocenters. The van der Waals surface area contributed by atoms with Crippen LogP contribution < -0.4 is 5.32 Å². The van der Waals surface area contributed by atoms with Crippen LogP contribution in [0.15, 0.2) is 30.3 Å². The first-order valence-corrected chi connectivity index (χ1v) is 7.79. The van der Waals surface area contributed by atoms with Crippen LogP contribution in [0.3, 0.4) is 0 Å². The van der Waals surface area contributed by atoms with Crippen molar-refractivity contribution in [2.45, 2.75) is 45.1 Å². The highest BCUT2D eigenvalue weighted by Crippen LogP contribution is 2.10. The molecule has 0 bridgehead atoms. The zero-order valence-electron chi connectivity index (χ0n) is 12.7. The zero-order valence-corrected chi connectivity index (χ0v) is 12.7. The Hall–Kier alpha value is -1.84. The summed E-state index contributed by atoms with van der Waals surface area (Å²) in [6, 6.07) is 9.49. The zero-order chi connectivity index (χ0) is 15.1. The first kappa shape index (κ1) is 15.5. The molecule has 1 aliphatic heterocycles. The summed E-state index contributed by atoms with van der Waals surface area (Å²) in [6.07, 6.45) is 4.46. The van der Waals surface area contributed by atoms with Gasteiger partial charge in [-0.1, -0.05) is 30.3 Å². The molecule has 4 heteroatoms. The van der Waals surface area contributed by atoms with Crippen molar-refractivity contribution in [3.8, 4) is 0 Å². The second kappa shape index (κ2) is 7.81. The summed E-state index contributed by atoms with van der Waals surface area (Å²) < 4.78 is 0. The maximum atomic E-state index is 12.2. The van der Waals surface area contributed by atoms with E-state index < -0.39 is 6.04 Å². The smallest absolute Gasteiger partial charge is 0.244 e. The third kappa shape index (κ3) is 4.88. The first-order valence-electron chi connectivity index (χ1n) is 7.79.